The first-order valence-electron chi connectivity index (χ1n) is 5.78. The maximum atomic E-state index is 5.51. The minimum Gasteiger partial charge on any atom is -0.464 e. The van der Waals surface area contributed by atoms with Gasteiger partial charge in [-0.25, -0.2) is 0 Å². The molecule has 3 heterocycles. The molecule has 4 rings (SSSR count). The fourth-order valence-corrected chi connectivity index (χ4v) is 2.67. The van der Waals surface area contributed by atoms with Gasteiger partial charge in [0.2, 0.25) is 0 Å². The zero-order valence-electron chi connectivity index (χ0n) is 10.0. The number of H-pyrrole nitrogens is 1. The van der Waals surface area contributed by atoms with Crippen LogP contribution in [-0.4, -0.2) is 21.3 Å². The Morgan fingerprint density at radius 2 is 2.00 bits per heavy atom. The third-order valence-corrected chi connectivity index (χ3v) is 3.56. The Morgan fingerprint density at radius 1 is 1.16 bits per heavy atom. The fraction of sp³-hybridized carbons (Fsp3) is 0.0769. The standard InChI is InChI=1S/C11H9NOS.C2H3N3/c1-2-4-9-8(3-1)11-10(5-6-13-9)14-7-12-11;1-2-4-5-3-1/h1-6,12H,7H2;1-2H,(H,3,4,5). The molecule has 2 N–H and O–H groups in total. The van der Waals surface area contributed by atoms with E-state index in [1.165, 1.54) is 10.6 Å². The third-order valence-electron chi connectivity index (χ3n) is 2.63. The van der Waals surface area contributed by atoms with Crippen LogP contribution in [0.1, 0.15) is 5.56 Å². The van der Waals surface area contributed by atoms with Crippen molar-refractivity contribution >= 4 is 17.5 Å². The molecule has 2 aromatic rings. The molecule has 0 amide bonds. The van der Waals surface area contributed by atoms with Crippen molar-refractivity contribution in [2.24, 2.45) is 0 Å². The van der Waals surface area contributed by atoms with Gasteiger partial charge in [-0.3, -0.25) is 0 Å². The van der Waals surface area contributed by atoms with Crippen molar-refractivity contribution in [3.8, 4) is 5.75 Å². The molecule has 0 fully saturated rings. The van der Waals surface area contributed by atoms with Crippen molar-refractivity contribution in [1.29, 1.82) is 0 Å². The quantitative estimate of drug-likeness (QED) is 0.771. The molecule has 2 aliphatic heterocycles. The molecule has 1 aromatic carbocycles. The average molecular weight is 272 g/mol. The van der Waals surface area contributed by atoms with Crippen molar-refractivity contribution < 1.29 is 4.74 Å². The summed E-state index contributed by atoms with van der Waals surface area (Å²) in [7, 11) is 0. The minimum atomic E-state index is 0.920. The van der Waals surface area contributed by atoms with Crippen molar-refractivity contribution in [3.63, 3.8) is 0 Å². The average Bonchev–Trinajstić information content (AvgIpc) is 3.12. The van der Waals surface area contributed by atoms with Gasteiger partial charge in [-0.15, -0.1) is 11.8 Å². The van der Waals surface area contributed by atoms with Crippen LogP contribution in [-0.2, 0) is 0 Å². The lowest BCUT2D eigenvalue weighted by molar-refractivity contribution is 0.480. The molecule has 0 spiro atoms. The molecule has 2 aliphatic rings. The van der Waals surface area contributed by atoms with E-state index in [4.69, 9.17) is 4.74 Å². The molecular formula is C13H12N4OS. The second-order valence-corrected chi connectivity index (χ2v) is 4.79. The molecule has 0 aliphatic carbocycles. The van der Waals surface area contributed by atoms with E-state index < -0.39 is 0 Å². The number of aromatic nitrogens is 3. The number of fused-ring (bicyclic) bond motifs is 2. The van der Waals surface area contributed by atoms with Crippen molar-refractivity contribution in [1.82, 2.24) is 20.7 Å². The molecular weight excluding hydrogens is 260 g/mol. The van der Waals surface area contributed by atoms with E-state index in [2.05, 4.69) is 26.8 Å². The smallest absolute Gasteiger partial charge is 0.135 e. The normalized spacial score (nSPS) is 15.4. The van der Waals surface area contributed by atoms with Gasteiger partial charge < -0.3 is 10.1 Å². The fourth-order valence-electron chi connectivity index (χ4n) is 1.82. The number of thioether (sulfide) groups is 1. The van der Waals surface area contributed by atoms with Crippen LogP contribution in [0.3, 0.4) is 0 Å². The van der Waals surface area contributed by atoms with E-state index in [1.54, 1.807) is 30.4 Å². The zero-order chi connectivity index (χ0) is 12.9. The van der Waals surface area contributed by atoms with E-state index in [0.717, 1.165) is 17.2 Å². The first kappa shape index (κ1) is 11.9. The molecule has 0 saturated carbocycles. The van der Waals surface area contributed by atoms with Crippen molar-refractivity contribution in [2.45, 2.75) is 0 Å². The Labute approximate surface area is 114 Å². The van der Waals surface area contributed by atoms with Crippen molar-refractivity contribution in [3.05, 3.63) is 59.5 Å². The highest BCUT2D eigenvalue weighted by atomic mass is 32.2. The number of benzene rings is 1. The topological polar surface area (TPSA) is 62.8 Å². The second kappa shape index (κ2) is 5.62. The number of hydrogen-bond acceptors (Lipinski definition) is 5. The van der Waals surface area contributed by atoms with E-state index in [1.807, 2.05) is 24.3 Å². The molecule has 0 unspecified atom stereocenters. The number of ether oxygens (including phenoxy) is 1. The monoisotopic (exact) mass is 272 g/mol. The maximum Gasteiger partial charge on any atom is 0.135 e. The van der Waals surface area contributed by atoms with Gasteiger partial charge in [0.05, 0.1) is 30.2 Å². The molecule has 19 heavy (non-hydrogen) atoms. The predicted molar refractivity (Wildman–Crippen MR) is 75.1 cm³/mol. The second-order valence-electron chi connectivity index (χ2n) is 3.78. The van der Waals surface area contributed by atoms with Crippen LogP contribution in [0.15, 0.2) is 53.9 Å². The largest absolute Gasteiger partial charge is 0.464 e. The molecule has 0 bridgehead atoms. The highest BCUT2D eigenvalue weighted by Gasteiger charge is 2.19. The van der Waals surface area contributed by atoms with Gasteiger partial charge in [0, 0.05) is 10.5 Å². The number of nitrogens with one attached hydrogen (secondary N) is 2. The van der Waals surface area contributed by atoms with Crippen LogP contribution >= 0.6 is 11.8 Å². The summed E-state index contributed by atoms with van der Waals surface area (Å²) in [6, 6.07) is 8.08. The Kier molecular flexibility index (Phi) is 3.51. The summed E-state index contributed by atoms with van der Waals surface area (Å²) in [5.41, 5.74) is 2.34. The minimum absolute atomic E-state index is 0.920. The van der Waals surface area contributed by atoms with Gasteiger partial charge in [-0.2, -0.15) is 15.4 Å². The lowest BCUT2D eigenvalue weighted by Gasteiger charge is -2.07. The van der Waals surface area contributed by atoms with Gasteiger partial charge in [-0.1, -0.05) is 12.1 Å². The number of hydrogen-bond donors (Lipinski definition) is 2. The third kappa shape index (κ3) is 2.63. The number of rotatable bonds is 0. The molecule has 5 nitrogen and oxygen atoms in total. The van der Waals surface area contributed by atoms with E-state index >= 15 is 0 Å². The number of nitrogens with zero attached hydrogens (tertiary/aromatic N) is 2. The highest BCUT2D eigenvalue weighted by Crippen LogP contribution is 2.37. The van der Waals surface area contributed by atoms with E-state index in [-0.39, 0.29) is 0 Å². The molecule has 0 radical (unpaired) electrons. The van der Waals surface area contributed by atoms with Crippen LogP contribution in [0.4, 0.5) is 0 Å². The van der Waals surface area contributed by atoms with E-state index in [9.17, 15) is 0 Å². The summed E-state index contributed by atoms with van der Waals surface area (Å²) in [5.74, 6) is 1.87. The van der Waals surface area contributed by atoms with Gasteiger partial charge in [0.25, 0.3) is 0 Å². The first-order chi connectivity index (χ1) is 9.45. The summed E-state index contributed by atoms with van der Waals surface area (Å²) in [6.07, 6.45) is 6.93. The summed E-state index contributed by atoms with van der Waals surface area (Å²) in [6.45, 7) is 0. The predicted octanol–water partition coefficient (Wildman–Crippen LogP) is 2.36. The van der Waals surface area contributed by atoms with Crippen LogP contribution in [0.2, 0.25) is 0 Å². The first-order valence-corrected chi connectivity index (χ1v) is 6.77. The highest BCUT2D eigenvalue weighted by molar-refractivity contribution is 8.03. The van der Waals surface area contributed by atoms with Crippen molar-refractivity contribution in [2.75, 3.05) is 5.88 Å². The summed E-state index contributed by atoms with van der Waals surface area (Å²) in [4.78, 5) is 1.26. The van der Waals surface area contributed by atoms with Crippen LogP contribution in [0.5, 0.6) is 5.75 Å². The maximum absolute atomic E-state index is 5.51. The van der Waals surface area contributed by atoms with Gasteiger partial charge in [0.15, 0.2) is 0 Å². The molecule has 96 valence electrons. The lowest BCUT2D eigenvalue weighted by atomic mass is 10.1. The Balaban J connectivity index is 0.000000187. The number of aromatic amines is 1. The van der Waals surface area contributed by atoms with Crippen LogP contribution in [0, 0.1) is 0 Å². The van der Waals surface area contributed by atoms with Gasteiger partial charge in [0.1, 0.15) is 5.75 Å². The summed E-state index contributed by atoms with van der Waals surface area (Å²) in [5, 5.41) is 12.7. The molecule has 6 heteroatoms. The molecule has 0 atom stereocenters. The summed E-state index contributed by atoms with van der Waals surface area (Å²) >= 11 is 1.80. The molecule has 0 saturated heterocycles. The van der Waals surface area contributed by atoms with E-state index in [0.29, 0.717) is 0 Å². The molecule has 1 aromatic heterocycles. The number of para-hydroxylation sites is 1. The SMILES string of the molecule is C1=CC2=C(NCS2)c2ccccc2O1.c1cn[nH]n1. The zero-order valence-corrected chi connectivity index (χ0v) is 10.9. The van der Waals surface area contributed by atoms with Gasteiger partial charge in [-0.05, 0) is 18.2 Å². The Hall–Kier alpha value is -2.21. The number of allylic oxidation sites excluding steroid dienone is 1. The van der Waals surface area contributed by atoms with Crippen LogP contribution < -0.4 is 10.1 Å². The Morgan fingerprint density at radius 3 is 2.79 bits per heavy atom. The summed E-state index contributed by atoms with van der Waals surface area (Å²) < 4.78 is 5.51. The van der Waals surface area contributed by atoms with Crippen LogP contribution in [0.25, 0.3) is 5.70 Å². The van der Waals surface area contributed by atoms with Gasteiger partial charge >= 0.3 is 0 Å². The Bertz CT molecular complexity index is 590. The lowest BCUT2D eigenvalue weighted by Crippen LogP contribution is -2.05.